The Balaban J connectivity index is 1.71. The molecule has 3 rings (SSSR count). The van der Waals surface area contributed by atoms with E-state index < -0.39 is 46.3 Å². The van der Waals surface area contributed by atoms with Crippen molar-refractivity contribution >= 4 is 29.8 Å². The molecule has 22 nitrogen and oxygen atoms in total. The molecule has 1 atom stereocenters. The maximum Gasteiger partial charge on any atom is 0.339 e. The van der Waals surface area contributed by atoms with Gasteiger partial charge in [0.25, 0.3) is 0 Å². The van der Waals surface area contributed by atoms with Crippen LogP contribution in [0.4, 0.5) is 0 Å². The monoisotopic (exact) mass is 1190 g/mol. The van der Waals surface area contributed by atoms with Crippen LogP contribution < -0.4 is 9.47 Å². The highest BCUT2D eigenvalue weighted by Gasteiger charge is 2.31. The van der Waals surface area contributed by atoms with Crippen molar-refractivity contribution in [2.75, 3.05) is 165 Å². The number of aryl methyl sites for hydroxylation is 1. The van der Waals surface area contributed by atoms with Gasteiger partial charge < -0.3 is 61.9 Å². The summed E-state index contributed by atoms with van der Waals surface area (Å²) >= 11 is 0. The Hall–Kier alpha value is -5.01. The molecule has 478 valence electrons. The second-order valence-electron chi connectivity index (χ2n) is 24.6. The Morgan fingerprint density at radius 3 is 1.30 bits per heavy atom. The number of carbonyl (C=O) groups excluding carboxylic acids is 4. The molecule has 84 heavy (non-hydrogen) atoms. The number of carbonyl (C=O) groups is 5. The van der Waals surface area contributed by atoms with E-state index in [1.165, 1.54) is 0 Å². The van der Waals surface area contributed by atoms with Gasteiger partial charge >= 0.3 is 29.8 Å². The largest absolute Gasteiger partial charge is 0.494 e. The summed E-state index contributed by atoms with van der Waals surface area (Å²) in [5.41, 5.74) is -0.984. The van der Waals surface area contributed by atoms with Gasteiger partial charge in [-0.25, -0.2) is 4.79 Å². The van der Waals surface area contributed by atoms with Crippen LogP contribution in [0.3, 0.4) is 0 Å². The van der Waals surface area contributed by atoms with Crippen LogP contribution in [0.2, 0.25) is 0 Å². The molecule has 2 aromatic carbocycles. The molecule has 0 unspecified atom stereocenters. The van der Waals surface area contributed by atoms with Crippen LogP contribution >= 0.6 is 0 Å². The predicted octanol–water partition coefficient (Wildman–Crippen LogP) is 6.00. The van der Waals surface area contributed by atoms with Gasteiger partial charge in [0.1, 0.15) is 46.1 Å². The van der Waals surface area contributed by atoms with Crippen molar-refractivity contribution in [3.05, 3.63) is 59.2 Å². The van der Waals surface area contributed by atoms with E-state index in [0.29, 0.717) is 144 Å². The van der Waals surface area contributed by atoms with Gasteiger partial charge in [-0.2, -0.15) is 0 Å². The van der Waals surface area contributed by atoms with Crippen molar-refractivity contribution in [3.63, 3.8) is 0 Å². The molecule has 22 heteroatoms. The number of hydrogen-bond donors (Lipinski definition) is 1. The zero-order valence-corrected chi connectivity index (χ0v) is 52.9. The SMILES string of the molecule is COCCOCCOCCOCCOCCOCCOc1cc(CCCOc2ccc(C[C@H]3CN(CC(=O)OC(C)(C)C)CCN(CC(=O)OC(C)(C)C)CCN(CC(=O)OC(C)(C)C)CCN3CC(=O)OC(C)(C)C)cc2)ccc1C(=O)O. The summed E-state index contributed by atoms with van der Waals surface area (Å²) in [7, 11) is 1.63. The topological polar surface area (TPSA) is 229 Å². The molecule has 0 saturated carbocycles. The number of carboxylic acid groups (broad SMARTS) is 1. The van der Waals surface area contributed by atoms with Crippen LogP contribution in [0.5, 0.6) is 11.5 Å². The first-order valence-electron chi connectivity index (χ1n) is 29.4. The van der Waals surface area contributed by atoms with Crippen molar-refractivity contribution < 1.29 is 85.9 Å². The van der Waals surface area contributed by atoms with Crippen LogP contribution in [0.25, 0.3) is 0 Å². The van der Waals surface area contributed by atoms with Crippen LogP contribution in [0.1, 0.15) is 111 Å². The van der Waals surface area contributed by atoms with Gasteiger partial charge in [-0.1, -0.05) is 18.2 Å². The van der Waals surface area contributed by atoms with Gasteiger partial charge in [-0.05, 0) is 138 Å². The second-order valence-corrected chi connectivity index (χ2v) is 24.6. The zero-order chi connectivity index (χ0) is 62.2. The molecule has 2 aromatic rings. The summed E-state index contributed by atoms with van der Waals surface area (Å²) in [6.07, 6.45) is 1.70. The van der Waals surface area contributed by atoms with Gasteiger partial charge in [0.15, 0.2) is 0 Å². The number of hydrogen-bond acceptors (Lipinski definition) is 21. The van der Waals surface area contributed by atoms with Crippen LogP contribution in [-0.2, 0) is 79.4 Å². The highest BCUT2D eigenvalue weighted by atomic mass is 16.6. The molecular weight excluding hydrogens is 1090 g/mol. The molecule has 1 N–H and O–H groups in total. The number of methoxy groups -OCH3 is 1. The average Bonchev–Trinajstić information content (AvgIpc) is 3.51. The van der Waals surface area contributed by atoms with Crippen molar-refractivity contribution in [1.82, 2.24) is 19.6 Å². The third-order valence-corrected chi connectivity index (χ3v) is 12.2. The van der Waals surface area contributed by atoms with E-state index in [2.05, 4.69) is 4.90 Å². The quantitative estimate of drug-likeness (QED) is 0.0474. The molecule has 0 bridgehead atoms. The summed E-state index contributed by atoms with van der Waals surface area (Å²) in [5, 5.41) is 9.86. The van der Waals surface area contributed by atoms with E-state index in [0.717, 1.165) is 11.1 Å². The highest BCUT2D eigenvalue weighted by molar-refractivity contribution is 5.91. The number of esters is 4. The lowest BCUT2D eigenvalue weighted by Crippen LogP contribution is -2.54. The van der Waals surface area contributed by atoms with Crippen molar-refractivity contribution in [2.24, 2.45) is 0 Å². The normalized spacial score (nSPS) is 15.8. The maximum absolute atomic E-state index is 13.8. The lowest BCUT2D eigenvalue weighted by molar-refractivity contribution is -0.160. The van der Waals surface area contributed by atoms with E-state index in [1.54, 1.807) is 25.3 Å². The molecule has 1 fully saturated rings. The van der Waals surface area contributed by atoms with E-state index in [1.807, 2.05) is 122 Å². The fourth-order valence-electron chi connectivity index (χ4n) is 8.63. The van der Waals surface area contributed by atoms with Gasteiger partial charge in [-0.15, -0.1) is 0 Å². The molecule has 0 spiro atoms. The maximum atomic E-state index is 13.8. The van der Waals surface area contributed by atoms with Gasteiger partial charge in [-0.3, -0.25) is 38.8 Å². The van der Waals surface area contributed by atoms with Crippen molar-refractivity contribution in [1.29, 1.82) is 0 Å². The Labute approximate surface area is 500 Å². The van der Waals surface area contributed by atoms with Crippen molar-refractivity contribution in [3.8, 4) is 11.5 Å². The molecule has 0 radical (unpaired) electrons. The first-order valence-corrected chi connectivity index (χ1v) is 29.4. The molecule has 1 saturated heterocycles. The summed E-state index contributed by atoms with van der Waals surface area (Å²) in [6.45, 7) is 29.7. The predicted molar refractivity (Wildman–Crippen MR) is 317 cm³/mol. The summed E-state index contributed by atoms with van der Waals surface area (Å²) in [5.74, 6) is -1.79. The van der Waals surface area contributed by atoms with E-state index in [4.69, 9.17) is 56.8 Å². The number of nitrogens with zero attached hydrogens (tertiary/aromatic N) is 4. The van der Waals surface area contributed by atoms with E-state index >= 15 is 0 Å². The lowest BCUT2D eigenvalue weighted by atomic mass is 10.0. The molecule has 0 aliphatic carbocycles. The molecule has 0 amide bonds. The molecule has 1 aliphatic rings. The number of ether oxygens (including phenoxy) is 12. The summed E-state index contributed by atoms with van der Waals surface area (Å²) in [6, 6.07) is 12.5. The number of carboxylic acids is 1. The Kier molecular flexibility index (Phi) is 33.3. The summed E-state index contributed by atoms with van der Waals surface area (Å²) in [4.78, 5) is 74.2. The Morgan fingerprint density at radius 1 is 0.464 bits per heavy atom. The second kappa shape index (κ2) is 38.2. The standard InChI is InChI=1S/C62H102N4O18/c1-59(2,3)81-54(67)44-63-22-23-64(45-55(68)82-60(4,5)6)26-27-66(47-57(70)84-62(10,11)12)50(43-65(25-24-63)46-56(69)83-61(7,8)9)41-49-16-19-51(20-17-49)79-28-14-15-48-18-21-52(58(71)72)53(42-48)80-40-39-78-38-37-77-36-35-76-34-33-75-32-31-74-30-29-73-13/h16-21,42,50H,14-15,22-41,43-47H2,1-13H3,(H,71,72)/t50-/m0/s1. The minimum absolute atomic E-state index is 0.00428. The van der Waals surface area contributed by atoms with Gasteiger partial charge in [0, 0.05) is 59.0 Å². The number of benzene rings is 2. The van der Waals surface area contributed by atoms with Gasteiger partial charge in [0.2, 0.25) is 0 Å². The van der Waals surface area contributed by atoms with Crippen LogP contribution in [0.15, 0.2) is 42.5 Å². The molecular formula is C62H102N4O18. The minimum Gasteiger partial charge on any atom is -0.494 e. The van der Waals surface area contributed by atoms with E-state index in [-0.39, 0.29) is 62.7 Å². The smallest absolute Gasteiger partial charge is 0.339 e. The van der Waals surface area contributed by atoms with Crippen LogP contribution in [-0.4, -0.2) is 248 Å². The Bertz CT molecular complexity index is 2220. The fraction of sp³-hybridized carbons (Fsp3) is 0.726. The molecule has 1 heterocycles. The third kappa shape index (κ3) is 35.4. The first-order chi connectivity index (χ1) is 39.6. The molecule has 0 aromatic heterocycles. The van der Waals surface area contributed by atoms with Crippen LogP contribution in [0, 0.1) is 0 Å². The van der Waals surface area contributed by atoms with E-state index in [9.17, 15) is 29.1 Å². The fourth-order valence-corrected chi connectivity index (χ4v) is 8.63. The van der Waals surface area contributed by atoms with Gasteiger partial charge in [0.05, 0.1) is 105 Å². The average molecular weight is 1190 g/mol. The zero-order valence-electron chi connectivity index (χ0n) is 52.9. The third-order valence-electron chi connectivity index (χ3n) is 12.2. The Morgan fingerprint density at radius 2 is 0.857 bits per heavy atom. The highest BCUT2D eigenvalue weighted by Crippen LogP contribution is 2.23. The number of rotatable bonds is 35. The minimum atomic E-state index is -1.09. The van der Waals surface area contributed by atoms with Crippen molar-refractivity contribution in [2.45, 2.75) is 131 Å². The number of aromatic carboxylic acids is 1. The molecule has 1 aliphatic heterocycles. The first kappa shape index (κ1) is 73.2. The lowest BCUT2D eigenvalue weighted by Gasteiger charge is -2.39. The summed E-state index contributed by atoms with van der Waals surface area (Å²) < 4.78 is 67.7.